The molecule has 0 aromatic heterocycles. The zero-order valence-electron chi connectivity index (χ0n) is 10.6. The van der Waals surface area contributed by atoms with E-state index in [1.165, 1.54) is 12.1 Å². The van der Waals surface area contributed by atoms with Gasteiger partial charge in [0, 0.05) is 6.07 Å². The van der Waals surface area contributed by atoms with Gasteiger partial charge in [-0.3, -0.25) is 9.69 Å². The summed E-state index contributed by atoms with van der Waals surface area (Å²) in [6, 6.07) is 2.84. The van der Waals surface area contributed by atoms with Gasteiger partial charge in [-0.15, -0.1) is 0 Å². The van der Waals surface area contributed by atoms with Crippen LogP contribution in [0.25, 0.3) is 0 Å². The Morgan fingerprint density at radius 1 is 1.32 bits per heavy atom. The van der Waals surface area contributed by atoms with Gasteiger partial charge in [-0.2, -0.15) is 0 Å². The van der Waals surface area contributed by atoms with E-state index in [-0.39, 0.29) is 0 Å². The van der Waals surface area contributed by atoms with E-state index in [4.69, 9.17) is 0 Å². The molecule has 5 heteroatoms. The Morgan fingerprint density at radius 2 is 2.00 bits per heavy atom. The number of rotatable bonds is 5. The average Bonchev–Trinajstić information content (AvgIpc) is 2.85. The Hall–Kier alpha value is -1.49. The molecule has 1 aromatic carbocycles. The summed E-state index contributed by atoms with van der Waals surface area (Å²) in [5, 5.41) is 9.23. The van der Waals surface area contributed by atoms with Gasteiger partial charge in [0.25, 0.3) is 0 Å². The highest BCUT2D eigenvalue weighted by atomic mass is 19.1. The molecule has 1 aliphatic heterocycles. The van der Waals surface area contributed by atoms with Crippen LogP contribution in [0, 0.1) is 11.6 Å². The fourth-order valence-electron chi connectivity index (χ4n) is 2.53. The van der Waals surface area contributed by atoms with Crippen LogP contribution < -0.4 is 0 Å². The number of hydrogen-bond acceptors (Lipinski definition) is 2. The SMILES string of the molecule is O=C(O)C(CCc1ccc(F)cc1F)N1CCCC1. The van der Waals surface area contributed by atoms with Gasteiger partial charge in [0.2, 0.25) is 0 Å². The molecule has 1 aliphatic rings. The molecule has 1 fully saturated rings. The number of benzene rings is 1. The molecular formula is C14H17F2NO2. The Kier molecular flexibility index (Phi) is 4.47. The van der Waals surface area contributed by atoms with Crippen LogP contribution in [0.2, 0.25) is 0 Å². The lowest BCUT2D eigenvalue weighted by Crippen LogP contribution is -2.39. The Morgan fingerprint density at radius 3 is 2.58 bits per heavy atom. The van der Waals surface area contributed by atoms with Gasteiger partial charge in [0.05, 0.1) is 0 Å². The van der Waals surface area contributed by atoms with Gasteiger partial charge in [-0.1, -0.05) is 6.07 Å². The largest absolute Gasteiger partial charge is 0.480 e. The van der Waals surface area contributed by atoms with E-state index in [1.807, 2.05) is 4.90 Å². The third kappa shape index (κ3) is 3.50. The molecule has 0 spiro atoms. The molecule has 1 atom stereocenters. The molecule has 1 unspecified atom stereocenters. The molecule has 2 rings (SSSR count). The van der Waals surface area contributed by atoms with Crippen molar-refractivity contribution in [1.29, 1.82) is 0 Å². The van der Waals surface area contributed by atoms with E-state index in [0.717, 1.165) is 32.0 Å². The number of aryl methyl sites for hydroxylation is 1. The van der Waals surface area contributed by atoms with Crippen molar-refractivity contribution in [1.82, 2.24) is 4.90 Å². The zero-order valence-corrected chi connectivity index (χ0v) is 10.6. The second-order valence-electron chi connectivity index (χ2n) is 4.87. The van der Waals surface area contributed by atoms with Crippen molar-refractivity contribution in [3.63, 3.8) is 0 Å². The van der Waals surface area contributed by atoms with E-state index in [2.05, 4.69) is 0 Å². The number of carboxylic acid groups (broad SMARTS) is 1. The topological polar surface area (TPSA) is 40.5 Å². The van der Waals surface area contributed by atoms with E-state index in [0.29, 0.717) is 18.4 Å². The molecule has 0 saturated carbocycles. The first-order valence-corrected chi connectivity index (χ1v) is 6.48. The van der Waals surface area contributed by atoms with Gasteiger partial charge >= 0.3 is 5.97 Å². The summed E-state index contributed by atoms with van der Waals surface area (Å²) in [7, 11) is 0. The lowest BCUT2D eigenvalue weighted by molar-refractivity contribution is -0.143. The third-order valence-corrected chi connectivity index (χ3v) is 3.57. The van der Waals surface area contributed by atoms with Gasteiger partial charge in [-0.25, -0.2) is 8.78 Å². The second kappa shape index (κ2) is 6.10. The maximum absolute atomic E-state index is 13.5. The number of halogens is 2. The first kappa shape index (κ1) is 13.9. The highest BCUT2D eigenvalue weighted by Gasteiger charge is 2.27. The van der Waals surface area contributed by atoms with E-state index in [9.17, 15) is 18.7 Å². The Labute approximate surface area is 110 Å². The molecule has 1 heterocycles. The number of carbonyl (C=O) groups is 1. The minimum Gasteiger partial charge on any atom is -0.480 e. The smallest absolute Gasteiger partial charge is 0.320 e. The highest BCUT2D eigenvalue weighted by Crippen LogP contribution is 2.18. The fourth-order valence-corrected chi connectivity index (χ4v) is 2.53. The summed E-state index contributed by atoms with van der Waals surface area (Å²) < 4.78 is 26.3. The van der Waals surface area contributed by atoms with Crippen LogP contribution in [-0.2, 0) is 11.2 Å². The van der Waals surface area contributed by atoms with Crippen LogP contribution in [0.5, 0.6) is 0 Å². The molecule has 19 heavy (non-hydrogen) atoms. The molecule has 104 valence electrons. The predicted octanol–water partition coefficient (Wildman–Crippen LogP) is 2.45. The van der Waals surface area contributed by atoms with Gasteiger partial charge < -0.3 is 5.11 Å². The number of carboxylic acids is 1. The minimum absolute atomic E-state index is 0.305. The summed E-state index contributed by atoms with van der Waals surface area (Å²) in [4.78, 5) is 13.2. The summed E-state index contributed by atoms with van der Waals surface area (Å²) >= 11 is 0. The van der Waals surface area contributed by atoms with Crippen LogP contribution in [0.1, 0.15) is 24.8 Å². The van der Waals surface area contributed by atoms with Gasteiger partial charge in [0.1, 0.15) is 17.7 Å². The first-order valence-electron chi connectivity index (χ1n) is 6.48. The van der Waals surface area contributed by atoms with Crippen LogP contribution in [0.3, 0.4) is 0 Å². The molecule has 0 aliphatic carbocycles. The molecule has 1 N–H and O–H groups in total. The quantitative estimate of drug-likeness (QED) is 0.892. The van der Waals surface area contributed by atoms with Gasteiger partial charge in [0.15, 0.2) is 0 Å². The summed E-state index contributed by atoms with van der Waals surface area (Å²) in [5.41, 5.74) is 0.367. The van der Waals surface area contributed by atoms with Crippen LogP contribution in [-0.4, -0.2) is 35.1 Å². The van der Waals surface area contributed by atoms with Crippen molar-refractivity contribution in [3.8, 4) is 0 Å². The lowest BCUT2D eigenvalue weighted by atomic mass is 10.0. The van der Waals surface area contributed by atoms with Crippen molar-refractivity contribution in [3.05, 3.63) is 35.4 Å². The number of likely N-dealkylation sites (tertiary alicyclic amines) is 1. The fraction of sp³-hybridized carbons (Fsp3) is 0.500. The third-order valence-electron chi connectivity index (χ3n) is 3.57. The molecular weight excluding hydrogens is 252 g/mol. The predicted molar refractivity (Wildman–Crippen MR) is 66.9 cm³/mol. The molecule has 1 aromatic rings. The zero-order chi connectivity index (χ0) is 13.8. The lowest BCUT2D eigenvalue weighted by Gasteiger charge is -2.23. The second-order valence-corrected chi connectivity index (χ2v) is 4.87. The highest BCUT2D eigenvalue weighted by molar-refractivity contribution is 5.73. The standard InChI is InChI=1S/C14H17F2NO2/c15-11-5-3-10(12(16)9-11)4-6-13(14(18)19)17-7-1-2-8-17/h3,5,9,13H,1-2,4,6-8H2,(H,18,19). The van der Waals surface area contributed by atoms with Crippen molar-refractivity contribution < 1.29 is 18.7 Å². The van der Waals surface area contributed by atoms with Crippen LogP contribution in [0.15, 0.2) is 18.2 Å². The number of nitrogens with zero attached hydrogens (tertiary/aromatic N) is 1. The normalized spacial score (nSPS) is 17.6. The Balaban J connectivity index is 2.00. The van der Waals surface area contributed by atoms with E-state index >= 15 is 0 Å². The van der Waals surface area contributed by atoms with Gasteiger partial charge in [-0.05, 0) is 50.4 Å². The first-order chi connectivity index (χ1) is 9.08. The maximum Gasteiger partial charge on any atom is 0.320 e. The Bertz CT molecular complexity index is 459. The monoisotopic (exact) mass is 269 g/mol. The summed E-state index contributed by atoms with van der Waals surface area (Å²) in [5.74, 6) is -2.09. The van der Waals surface area contributed by atoms with Crippen LogP contribution in [0.4, 0.5) is 8.78 Å². The van der Waals surface area contributed by atoms with Crippen molar-refractivity contribution >= 4 is 5.97 Å². The molecule has 0 radical (unpaired) electrons. The van der Waals surface area contributed by atoms with E-state index < -0.39 is 23.6 Å². The maximum atomic E-state index is 13.5. The summed E-state index contributed by atoms with van der Waals surface area (Å²) in [6.45, 7) is 1.56. The van der Waals surface area contributed by atoms with E-state index in [1.54, 1.807) is 0 Å². The molecule has 1 saturated heterocycles. The van der Waals surface area contributed by atoms with Crippen LogP contribution >= 0.6 is 0 Å². The number of hydrogen-bond donors (Lipinski definition) is 1. The molecule has 0 bridgehead atoms. The molecule has 0 amide bonds. The van der Waals surface area contributed by atoms with Crippen molar-refractivity contribution in [2.24, 2.45) is 0 Å². The minimum atomic E-state index is -0.871. The van der Waals surface area contributed by atoms with Crippen molar-refractivity contribution in [2.45, 2.75) is 31.7 Å². The molecule has 3 nitrogen and oxygen atoms in total. The average molecular weight is 269 g/mol. The number of aliphatic carboxylic acids is 1. The summed E-state index contributed by atoms with van der Waals surface area (Å²) in [6.07, 6.45) is 2.67. The van der Waals surface area contributed by atoms with Crippen molar-refractivity contribution in [2.75, 3.05) is 13.1 Å².